The number of hydrogen-bond donors (Lipinski definition) is 2. The van der Waals surface area contributed by atoms with E-state index in [1.807, 2.05) is 36.4 Å². The van der Waals surface area contributed by atoms with E-state index in [0.29, 0.717) is 6.42 Å². The van der Waals surface area contributed by atoms with E-state index in [0.717, 1.165) is 36.2 Å². The monoisotopic (exact) mass is 332 g/mol. The van der Waals surface area contributed by atoms with Gasteiger partial charge < -0.3 is 10.6 Å². The molecular formula is C19H19F3N2. The summed E-state index contributed by atoms with van der Waals surface area (Å²) in [6.45, 7) is 1.58. The summed E-state index contributed by atoms with van der Waals surface area (Å²) in [6.07, 6.45) is -2.97. The first kappa shape index (κ1) is 15.5. The van der Waals surface area contributed by atoms with E-state index in [4.69, 9.17) is 0 Å². The maximum absolute atomic E-state index is 13.6. The minimum absolute atomic E-state index is 0.106. The lowest BCUT2D eigenvalue weighted by Crippen LogP contribution is -2.38. The molecule has 126 valence electrons. The molecular weight excluding hydrogens is 313 g/mol. The van der Waals surface area contributed by atoms with Crippen LogP contribution in [0.4, 0.5) is 18.9 Å². The molecule has 2 aromatic carbocycles. The van der Waals surface area contributed by atoms with Crippen LogP contribution in [0.2, 0.25) is 0 Å². The predicted molar refractivity (Wildman–Crippen MR) is 88.3 cm³/mol. The van der Waals surface area contributed by atoms with Crippen molar-refractivity contribution in [2.75, 3.05) is 18.4 Å². The van der Waals surface area contributed by atoms with Crippen molar-refractivity contribution in [3.05, 3.63) is 64.7 Å². The Hall–Kier alpha value is -2.01. The highest BCUT2D eigenvalue weighted by Gasteiger charge is 2.42. The van der Waals surface area contributed by atoms with Gasteiger partial charge in [-0.1, -0.05) is 36.4 Å². The van der Waals surface area contributed by atoms with Crippen molar-refractivity contribution >= 4 is 5.69 Å². The van der Waals surface area contributed by atoms with Crippen LogP contribution in [-0.2, 0) is 12.6 Å². The summed E-state index contributed by atoms with van der Waals surface area (Å²) in [7, 11) is 0. The highest BCUT2D eigenvalue weighted by atomic mass is 19.4. The largest absolute Gasteiger partial charge is 0.418 e. The van der Waals surface area contributed by atoms with Gasteiger partial charge in [0.1, 0.15) is 0 Å². The van der Waals surface area contributed by atoms with E-state index >= 15 is 0 Å². The molecule has 2 atom stereocenters. The summed E-state index contributed by atoms with van der Waals surface area (Å²) < 4.78 is 40.8. The smallest absolute Gasteiger partial charge is 0.381 e. The first-order valence-corrected chi connectivity index (χ1v) is 8.27. The molecule has 2 aliphatic heterocycles. The van der Waals surface area contributed by atoms with Crippen molar-refractivity contribution in [3.8, 4) is 0 Å². The second-order valence-electron chi connectivity index (χ2n) is 6.62. The molecule has 2 nitrogen and oxygen atoms in total. The molecule has 2 N–H and O–H groups in total. The molecule has 1 saturated heterocycles. The van der Waals surface area contributed by atoms with Crippen molar-refractivity contribution in [1.29, 1.82) is 0 Å². The van der Waals surface area contributed by atoms with Gasteiger partial charge in [-0.05, 0) is 42.1 Å². The highest BCUT2D eigenvalue weighted by molar-refractivity contribution is 5.67. The van der Waals surface area contributed by atoms with Gasteiger partial charge in [0, 0.05) is 18.5 Å². The van der Waals surface area contributed by atoms with Crippen LogP contribution >= 0.6 is 0 Å². The second kappa shape index (κ2) is 5.81. The van der Waals surface area contributed by atoms with Crippen LogP contribution in [-0.4, -0.2) is 19.1 Å². The normalized spacial score (nSPS) is 22.6. The Balaban J connectivity index is 1.77. The van der Waals surface area contributed by atoms with Crippen LogP contribution in [0, 0.1) is 0 Å². The van der Waals surface area contributed by atoms with Crippen LogP contribution in [0.25, 0.3) is 0 Å². The predicted octanol–water partition coefficient (Wildman–Crippen LogP) is 4.17. The Labute approximate surface area is 139 Å². The van der Waals surface area contributed by atoms with Gasteiger partial charge in [-0.15, -0.1) is 0 Å². The van der Waals surface area contributed by atoms with E-state index < -0.39 is 11.7 Å². The lowest BCUT2D eigenvalue weighted by atomic mass is 9.88. The van der Waals surface area contributed by atoms with E-state index in [1.165, 1.54) is 6.07 Å². The van der Waals surface area contributed by atoms with Gasteiger partial charge >= 0.3 is 6.18 Å². The average molecular weight is 332 g/mol. The Morgan fingerprint density at radius 1 is 1.04 bits per heavy atom. The lowest BCUT2D eigenvalue weighted by Gasteiger charge is -2.26. The van der Waals surface area contributed by atoms with E-state index in [1.54, 1.807) is 0 Å². The molecule has 2 aliphatic rings. The van der Waals surface area contributed by atoms with Crippen molar-refractivity contribution < 1.29 is 13.2 Å². The maximum atomic E-state index is 13.6. The molecule has 5 heteroatoms. The molecule has 0 aliphatic carbocycles. The molecule has 0 radical (unpaired) electrons. The lowest BCUT2D eigenvalue weighted by molar-refractivity contribution is -0.137. The zero-order valence-corrected chi connectivity index (χ0v) is 13.2. The van der Waals surface area contributed by atoms with Crippen molar-refractivity contribution in [3.63, 3.8) is 0 Å². The van der Waals surface area contributed by atoms with Gasteiger partial charge in [-0.3, -0.25) is 0 Å². The van der Waals surface area contributed by atoms with Gasteiger partial charge in [0.05, 0.1) is 11.3 Å². The minimum atomic E-state index is -4.34. The third-order valence-electron chi connectivity index (χ3n) is 5.00. The number of benzene rings is 2. The molecule has 0 amide bonds. The second-order valence-corrected chi connectivity index (χ2v) is 6.62. The molecule has 0 unspecified atom stereocenters. The van der Waals surface area contributed by atoms with E-state index in [2.05, 4.69) is 10.6 Å². The van der Waals surface area contributed by atoms with Crippen molar-refractivity contribution in [2.24, 2.45) is 0 Å². The molecule has 2 heterocycles. The average Bonchev–Trinajstić information content (AvgIpc) is 2.93. The topological polar surface area (TPSA) is 24.1 Å². The number of nitrogens with one attached hydrogen (secondary N) is 2. The summed E-state index contributed by atoms with van der Waals surface area (Å²) in [5.74, 6) is 0.116. The summed E-state index contributed by atoms with van der Waals surface area (Å²) in [4.78, 5) is 0. The molecule has 2 aromatic rings. The van der Waals surface area contributed by atoms with Crippen LogP contribution in [0.1, 0.15) is 34.6 Å². The fourth-order valence-corrected chi connectivity index (χ4v) is 3.88. The molecule has 0 bridgehead atoms. The summed E-state index contributed by atoms with van der Waals surface area (Å²) in [6, 6.07) is 13.0. The minimum Gasteiger partial charge on any atom is -0.381 e. The number of alkyl halides is 3. The fraction of sp³-hybridized carbons (Fsp3) is 0.368. The Kier molecular flexibility index (Phi) is 3.76. The molecule has 0 aromatic heterocycles. The zero-order valence-electron chi connectivity index (χ0n) is 13.2. The fourth-order valence-electron chi connectivity index (χ4n) is 3.88. The highest BCUT2D eigenvalue weighted by Crippen LogP contribution is 2.46. The summed E-state index contributed by atoms with van der Waals surface area (Å²) >= 11 is 0. The third-order valence-corrected chi connectivity index (χ3v) is 5.00. The Morgan fingerprint density at radius 2 is 1.83 bits per heavy atom. The number of piperidine rings is 1. The van der Waals surface area contributed by atoms with E-state index in [9.17, 15) is 13.2 Å². The first-order chi connectivity index (χ1) is 11.5. The molecule has 4 rings (SSSR count). The van der Waals surface area contributed by atoms with Crippen LogP contribution in [0.15, 0.2) is 42.5 Å². The molecule has 0 saturated carbocycles. The Bertz CT molecular complexity index is 740. The summed E-state index contributed by atoms with van der Waals surface area (Å²) in [5, 5.41) is 6.45. The number of fused-ring (bicyclic) bond motifs is 3. The molecule has 1 fully saturated rings. The number of hydrogen-bond acceptors (Lipinski definition) is 2. The molecule has 0 spiro atoms. The Morgan fingerprint density at radius 3 is 2.58 bits per heavy atom. The van der Waals surface area contributed by atoms with E-state index in [-0.39, 0.29) is 17.6 Å². The first-order valence-electron chi connectivity index (χ1n) is 8.27. The standard InChI is InChI=1S/C19H19F3N2/c20-19(21,22)16-10-13(8-12-4-2-1-3-5-12)9-14-15-11-23-7-6-17(15)24-18(14)16/h1-5,9-10,15,17,23-24H,6-8,11H2/t15-,17-/m1/s1. The summed E-state index contributed by atoms with van der Waals surface area (Å²) in [5.41, 5.74) is 2.32. The number of anilines is 1. The zero-order chi connectivity index (χ0) is 16.7. The van der Waals surface area contributed by atoms with Crippen LogP contribution < -0.4 is 10.6 Å². The van der Waals surface area contributed by atoms with Gasteiger partial charge in [0.25, 0.3) is 0 Å². The van der Waals surface area contributed by atoms with Crippen molar-refractivity contribution in [1.82, 2.24) is 5.32 Å². The van der Waals surface area contributed by atoms with Gasteiger partial charge in [-0.25, -0.2) is 0 Å². The number of halogens is 3. The quantitative estimate of drug-likeness (QED) is 0.863. The number of rotatable bonds is 2. The third kappa shape index (κ3) is 2.77. The van der Waals surface area contributed by atoms with Gasteiger partial charge in [-0.2, -0.15) is 13.2 Å². The van der Waals surface area contributed by atoms with Gasteiger partial charge in [0.2, 0.25) is 0 Å². The van der Waals surface area contributed by atoms with Gasteiger partial charge in [0.15, 0.2) is 0 Å². The SMILES string of the molecule is FC(F)(F)c1cc(Cc2ccccc2)cc2c1N[C@@H]1CCNC[C@H]21. The maximum Gasteiger partial charge on any atom is 0.418 e. The van der Waals surface area contributed by atoms with Crippen molar-refractivity contribution in [2.45, 2.75) is 31.0 Å². The van der Waals surface area contributed by atoms with Crippen LogP contribution in [0.5, 0.6) is 0 Å². The van der Waals surface area contributed by atoms with Crippen LogP contribution in [0.3, 0.4) is 0 Å². The molecule has 24 heavy (non-hydrogen) atoms.